The fraction of sp³-hybridized carbons (Fsp3) is 0.167. The summed E-state index contributed by atoms with van der Waals surface area (Å²) in [7, 11) is 0. The van der Waals surface area contributed by atoms with Crippen LogP contribution in [-0.2, 0) is 35.0 Å². The molecule has 0 aliphatic carbocycles. The van der Waals surface area contributed by atoms with Gasteiger partial charge in [0.15, 0.2) is 0 Å². The van der Waals surface area contributed by atoms with E-state index in [1.165, 1.54) is 23.6 Å². The van der Waals surface area contributed by atoms with Crippen LogP contribution in [0.15, 0.2) is 108 Å². The predicted molar refractivity (Wildman–Crippen MR) is 160 cm³/mol. The Kier molecular flexibility index (Phi) is 7.62. The summed E-state index contributed by atoms with van der Waals surface area (Å²) in [5, 5.41) is 0. The largest absolute Gasteiger partial charge is 0.416 e. The number of fused-ring (bicyclic) bond motifs is 1. The summed E-state index contributed by atoms with van der Waals surface area (Å²) >= 11 is 0. The number of nitrogens with zero attached hydrogens (tertiary/aromatic N) is 2. The van der Waals surface area contributed by atoms with Gasteiger partial charge in [0.1, 0.15) is 0 Å². The number of carbonyl (C=O) groups is 2. The fourth-order valence-corrected chi connectivity index (χ4v) is 6.09. The lowest BCUT2D eigenvalue weighted by Gasteiger charge is -2.26. The van der Waals surface area contributed by atoms with E-state index in [-0.39, 0.29) is 46.8 Å². The van der Waals surface area contributed by atoms with Crippen molar-refractivity contribution in [3.05, 3.63) is 153 Å². The van der Waals surface area contributed by atoms with Gasteiger partial charge in [0, 0.05) is 0 Å². The standard InChI is InChI=1S/C36H26F6N2O2/c1-21-13-23(17-27(15-21)35(37,38)39)19-43-31(25-9-5-3-6-10-25)29-30(33(43)45)32(26-11-7-4-8-12-26)44(34(29)46)20-24-14-22(2)16-28(18-24)36(40,41)42/h3-18H,19-20H2,1-2H3. The fourth-order valence-electron chi connectivity index (χ4n) is 6.09. The average Bonchev–Trinajstić information content (AvgIpc) is 3.43. The smallest absolute Gasteiger partial charge is 0.302 e. The van der Waals surface area contributed by atoms with Crippen LogP contribution in [0.5, 0.6) is 0 Å². The molecular weight excluding hydrogens is 606 g/mol. The molecule has 0 unspecified atom stereocenters. The van der Waals surface area contributed by atoms with Crippen LogP contribution in [0.25, 0.3) is 11.4 Å². The summed E-state index contributed by atoms with van der Waals surface area (Å²) in [6.07, 6.45) is -9.21. The second-order valence-corrected chi connectivity index (χ2v) is 11.4. The second kappa shape index (κ2) is 11.3. The van der Waals surface area contributed by atoms with Crippen molar-refractivity contribution in [3.8, 4) is 0 Å². The molecule has 0 radical (unpaired) electrons. The number of amides is 2. The molecule has 0 spiro atoms. The monoisotopic (exact) mass is 632 g/mol. The minimum atomic E-state index is -4.60. The van der Waals surface area contributed by atoms with E-state index < -0.39 is 35.3 Å². The molecule has 234 valence electrons. The van der Waals surface area contributed by atoms with Gasteiger partial charge in [-0.3, -0.25) is 9.59 Å². The minimum absolute atomic E-state index is 0.0439. The van der Waals surface area contributed by atoms with Gasteiger partial charge in [0.2, 0.25) is 0 Å². The van der Waals surface area contributed by atoms with Gasteiger partial charge in [0.05, 0.1) is 46.8 Å². The zero-order chi connectivity index (χ0) is 33.0. The van der Waals surface area contributed by atoms with Crippen LogP contribution < -0.4 is 0 Å². The molecule has 4 aromatic rings. The van der Waals surface area contributed by atoms with E-state index >= 15 is 0 Å². The maximum Gasteiger partial charge on any atom is 0.416 e. The third-order valence-electron chi connectivity index (χ3n) is 7.89. The van der Waals surface area contributed by atoms with E-state index in [1.807, 2.05) is 0 Å². The molecule has 2 aliphatic heterocycles. The number of alkyl halides is 6. The molecule has 2 heterocycles. The van der Waals surface area contributed by atoms with Crippen molar-refractivity contribution in [2.75, 3.05) is 0 Å². The Hall–Kier alpha value is -5.12. The third-order valence-corrected chi connectivity index (χ3v) is 7.89. The first-order valence-electron chi connectivity index (χ1n) is 14.3. The number of aryl methyl sites for hydroxylation is 2. The Bertz CT molecular complexity index is 1780. The maximum absolute atomic E-state index is 14.4. The Morgan fingerprint density at radius 1 is 0.522 bits per heavy atom. The van der Waals surface area contributed by atoms with Gasteiger partial charge in [-0.1, -0.05) is 83.9 Å². The van der Waals surface area contributed by atoms with Gasteiger partial charge in [-0.15, -0.1) is 0 Å². The molecule has 0 N–H and O–H groups in total. The number of benzene rings is 4. The summed E-state index contributed by atoms with van der Waals surface area (Å²) in [5.41, 5.74) is 0.946. The maximum atomic E-state index is 14.4. The quantitative estimate of drug-likeness (QED) is 0.200. The summed E-state index contributed by atoms with van der Waals surface area (Å²) < 4.78 is 82.1. The number of hydrogen-bond acceptors (Lipinski definition) is 2. The number of halogens is 6. The molecule has 0 saturated heterocycles. The van der Waals surface area contributed by atoms with E-state index in [4.69, 9.17) is 0 Å². The third kappa shape index (κ3) is 5.71. The first-order chi connectivity index (χ1) is 21.7. The van der Waals surface area contributed by atoms with Crippen LogP contribution in [0.1, 0.15) is 44.5 Å². The zero-order valence-electron chi connectivity index (χ0n) is 24.6. The van der Waals surface area contributed by atoms with E-state index in [2.05, 4.69) is 0 Å². The molecule has 4 aromatic carbocycles. The Labute approximate surface area is 260 Å². The molecule has 2 amide bonds. The lowest BCUT2D eigenvalue weighted by molar-refractivity contribution is -0.138. The van der Waals surface area contributed by atoms with Crippen molar-refractivity contribution in [1.82, 2.24) is 9.80 Å². The summed E-state index contributed by atoms with van der Waals surface area (Å²) in [5.74, 6) is -1.20. The van der Waals surface area contributed by atoms with Crippen molar-refractivity contribution >= 4 is 23.2 Å². The highest BCUT2D eigenvalue weighted by Crippen LogP contribution is 2.48. The van der Waals surface area contributed by atoms with E-state index in [9.17, 15) is 35.9 Å². The van der Waals surface area contributed by atoms with Gasteiger partial charge in [-0.25, -0.2) is 0 Å². The highest BCUT2D eigenvalue weighted by atomic mass is 19.4. The molecule has 0 atom stereocenters. The Balaban J connectivity index is 1.53. The van der Waals surface area contributed by atoms with Crippen molar-refractivity contribution in [2.24, 2.45) is 0 Å². The van der Waals surface area contributed by atoms with E-state index in [0.29, 0.717) is 22.3 Å². The highest BCUT2D eigenvalue weighted by Gasteiger charge is 2.49. The molecule has 0 aromatic heterocycles. The van der Waals surface area contributed by atoms with Crippen LogP contribution in [0.4, 0.5) is 26.3 Å². The van der Waals surface area contributed by atoms with Gasteiger partial charge < -0.3 is 9.80 Å². The minimum Gasteiger partial charge on any atom is -0.302 e. The van der Waals surface area contributed by atoms with Gasteiger partial charge >= 0.3 is 12.4 Å². The van der Waals surface area contributed by atoms with E-state index in [0.717, 1.165) is 24.3 Å². The first-order valence-corrected chi connectivity index (χ1v) is 14.3. The van der Waals surface area contributed by atoms with Crippen LogP contribution in [-0.4, -0.2) is 21.6 Å². The molecule has 4 nitrogen and oxygen atoms in total. The van der Waals surface area contributed by atoms with Crippen molar-refractivity contribution in [1.29, 1.82) is 0 Å². The van der Waals surface area contributed by atoms with Gasteiger partial charge in [-0.2, -0.15) is 26.3 Å². The molecule has 6 rings (SSSR count). The summed E-state index contributed by atoms with van der Waals surface area (Å²) in [6.45, 7) is 2.57. The lowest BCUT2D eigenvalue weighted by atomic mass is 10.0. The molecular formula is C36H26F6N2O2. The normalized spacial score (nSPS) is 15.4. The number of rotatable bonds is 6. The van der Waals surface area contributed by atoms with Crippen LogP contribution in [0, 0.1) is 13.8 Å². The van der Waals surface area contributed by atoms with Gasteiger partial charge in [-0.05, 0) is 60.4 Å². The molecule has 0 saturated carbocycles. The molecule has 46 heavy (non-hydrogen) atoms. The van der Waals surface area contributed by atoms with Crippen LogP contribution in [0.2, 0.25) is 0 Å². The van der Waals surface area contributed by atoms with Crippen LogP contribution in [0.3, 0.4) is 0 Å². The summed E-state index contributed by atoms with van der Waals surface area (Å²) in [4.78, 5) is 31.4. The average molecular weight is 633 g/mol. The second-order valence-electron chi connectivity index (χ2n) is 11.4. The topological polar surface area (TPSA) is 40.6 Å². The van der Waals surface area contributed by atoms with Crippen molar-refractivity contribution in [2.45, 2.75) is 39.3 Å². The van der Waals surface area contributed by atoms with Crippen molar-refractivity contribution in [3.63, 3.8) is 0 Å². The molecule has 0 bridgehead atoms. The summed E-state index contributed by atoms with van der Waals surface area (Å²) in [6, 6.07) is 24.2. The predicted octanol–water partition coefficient (Wildman–Crippen LogP) is 8.55. The molecule has 0 fully saturated rings. The van der Waals surface area contributed by atoms with Crippen LogP contribution >= 0.6 is 0 Å². The first kappa shape index (κ1) is 30.9. The number of carbonyl (C=O) groups excluding carboxylic acids is 2. The number of hydrogen-bond donors (Lipinski definition) is 0. The highest BCUT2D eigenvalue weighted by molar-refractivity contribution is 6.30. The molecule has 10 heteroatoms. The zero-order valence-corrected chi connectivity index (χ0v) is 24.6. The lowest BCUT2D eigenvalue weighted by Crippen LogP contribution is -2.29. The van der Waals surface area contributed by atoms with E-state index in [1.54, 1.807) is 72.8 Å². The van der Waals surface area contributed by atoms with Gasteiger partial charge in [0.25, 0.3) is 11.8 Å². The van der Waals surface area contributed by atoms with Crippen molar-refractivity contribution < 1.29 is 35.9 Å². The Morgan fingerprint density at radius 2 is 0.870 bits per heavy atom. The SMILES string of the molecule is Cc1cc(CN2C(=O)C3=C(c4ccccc4)N(Cc4cc(C)cc(C(F)(F)F)c4)C(=O)C3=C2c2ccccc2)cc(C(F)(F)F)c1. The molecule has 2 aliphatic rings. The Morgan fingerprint density at radius 3 is 1.20 bits per heavy atom.